The molecule has 0 aliphatic heterocycles. The first kappa shape index (κ1) is 17.9. The Kier molecular flexibility index (Phi) is 5.41. The Morgan fingerprint density at radius 3 is 2.35 bits per heavy atom. The van der Waals surface area contributed by atoms with Gasteiger partial charge in [-0.2, -0.15) is 0 Å². The first-order valence-electron chi connectivity index (χ1n) is 7.58. The van der Waals surface area contributed by atoms with Crippen molar-refractivity contribution in [3.63, 3.8) is 0 Å². The topological polar surface area (TPSA) is 57.5 Å². The Hall–Kier alpha value is -1.48. The molecule has 0 bridgehead atoms. The van der Waals surface area contributed by atoms with E-state index in [0.717, 1.165) is 27.8 Å². The van der Waals surface area contributed by atoms with Gasteiger partial charge in [0, 0.05) is 0 Å². The number of halogens is 1. The minimum absolute atomic E-state index is 0.123. The summed E-state index contributed by atoms with van der Waals surface area (Å²) < 4.78 is 24.6. The third-order valence-electron chi connectivity index (χ3n) is 3.96. The fourth-order valence-corrected chi connectivity index (χ4v) is 3.43. The van der Waals surface area contributed by atoms with Gasteiger partial charge in [-0.05, 0) is 73.6 Å². The van der Waals surface area contributed by atoms with Crippen molar-refractivity contribution in [3.8, 4) is 11.1 Å². The molecule has 0 aliphatic rings. The second kappa shape index (κ2) is 6.96. The first-order chi connectivity index (χ1) is 10.7. The lowest BCUT2D eigenvalue weighted by Gasteiger charge is -2.15. The molecule has 2 aromatic carbocycles. The molecule has 2 rings (SSSR count). The maximum atomic E-state index is 13.5. The second-order valence-electron chi connectivity index (χ2n) is 6.06. The lowest BCUT2D eigenvalue weighted by Crippen LogP contribution is -1.99. The van der Waals surface area contributed by atoms with E-state index in [4.69, 9.17) is 9.79 Å². The van der Waals surface area contributed by atoms with E-state index < -0.39 is 7.60 Å². The Balaban J connectivity index is 2.41. The van der Waals surface area contributed by atoms with Crippen molar-refractivity contribution in [3.05, 3.63) is 58.4 Å². The van der Waals surface area contributed by atoms with Crippen molar-refractivity contribution in [2.45, 2.75) is 33.6 Å². The minimum Gasteiger partial charge on any atom is -0.324 e. The molecule has 0 radical (unpaired) electrons. The zero-order valence-electron chi connectivity index (χ0n) is 13.6. The van der Waals surface area contributed by atoms with Gasteiger partial charge in [-0.25, -0.2) is 4.39 Å². The molecule has 0 amide bonds. The average Bonchev–Trinajstić information content (AvgIpc) is 2.42. The third kappa shape index (κ3) is 4.74. The summed E-state index contributed by atoms with van der Waals surface area (Å²) in [5, 5.41) is 0. The highest BCUT2D eigenvalue weighted by Crippen LogP contribution is 2.36. The Morgan fingerprint density at radius 1 is 1.04 bits per heavy atom. The third-order valence-corrected chi connectivity index (χ3v) is 4.86. The van der Waals surface area contributed by atoms with Crippen LogP contribution in [-0.2, 0) is 11.0 Å². The van der Waals surface area contributed by atoms with E-state index in [1.165, 1.54) is 6.07 Å². The fourth-order valence-electron chi connectivity index (χ4n) is 2.86. The van der Waals surface area contributed by atoms with Gasteiger partial charge in [-0.15, -0.1) is 0 Å². The average molecular weight is 336 g/mol. The van der Waals surface area contributed by atoms with Crippen LogP contribution in [0.5, 0.6) is 0 Å². The molecule has 0 atom stereocenters. The molecular formula is C18H22FO3P. The van der Waals surface area contributed by atoms with Crippen LogP contribution >= 0.6 is 7.60 Å². The van der Waals surface area contributed by atoms with Gasteiger partial charge in [0.2, 0.25) is 0 Å². The lowest BCUT2D eigenvalue weighted by atomic mass is 9.90. The maximum Gasteiger partial charge on any atom is 0.325 e. The van der Waals surface area contributed by atoms with E-state index in [9.17, 15) is 8.96 Å². The van der Waals surface area contributed by atoms with E-state index in [1.54, 1.807) is 13.0 Å². The summed E-state index contributed by atoms with van der Waals surface area (Å²) in [6, 6.07) is 9.14. The van der Waals surface area contributed by atoms with Crippen LogP contribution in [0.25, 0.3) is 11.1 Å². The molecule has 3 nitrogen and oxygen atoms in total. The maximum absolute atomic E-state index is 13.5. The van der Waals surface area contributed by atoms with Crippen molar-refractivity contribution < 1.29 is 18.7 Å². The monoisotopic (exact) mass is 336 g/mol. The van der Waals surface area contributed by atoms with Crippen LogP contribution in [0.2, 0.25) is 0 Å². The summed E-state index contributed by atoms with van der Waals surface area (Å²) in [5.41, 5.74) is 5.79. The molecule has 0 saturated carbocycles. The van der Waals surface area contributed by atoms with E-state index >= 15 is 0 Å². The Morgan fingerprint density at radius 2 is 1.74 bits per heavy atom. The molecule has 0 saturated heterocycles. The zero-order valence-corrected chi connectivity index (χ0v) is 14.5. The number of rotatable bonds is 5. The quantitative estimate of drug-likeness (QED) is 0.789. The van der Waals surface area contributed by atoms with E-state index in [0.29, 0.717) is 18.4 Å². The molecule has 23 heavy (non-hydrogen) atoms. The first-order valence-corrected chi connectivity index (χ1v) is 9.38. The molecule has 0 aromatic heterocycles. The van der Waals surface area contributed by atoms with Crippen molar-refractivity contribution >= 4 is 7.60 Å². The summed E-state index contributed by atoms with van der Waals surface area (Å²) in [7, 11) is -3.98. The number of hydrogen-bond donors (Lipinski definition) is 2. The van der Waals surface area contributed by atoms with E-state index in [-0.39, 0.29) is 12.0 Å². The molecular weight excluding hydrogens is 314 g/mol. The molecule has 0 fully saturated rings. The summed E-state index contributed by atoms with van der Waals surface area (Å²) >= 11 is 0. The predicted octanol–water partition coefficient (Wildman–Crippen LogP) is 4.53. The van der Waals surface area contributed by atoms with Gasteiger partial charge in [0.1, 0.15) is 5.82 Å². The second-order valence-corrected chi connectivity index (χ2v) is 7.84. The van der Waals surface area contributed by atoms with Crippen LogP contribution in [0.4, 0.5) is 4.39 Å². The van der Waals surface area contributed by atoms with Crippen molar-refractivity contribution in [1.82, 2.24) is 0 Å². The van der Waals surface area contributed by atoms with E-state index in [1.807, 2.05) is 26.0 Å². The molecule has 2 aromatic rings. The molecule has 2 N–H and O–H groups in total. The van der Waals surface area contributed by atoms with Crippen LogP contribution in [0, 0.1) is 26.6 Å². The van der Waals surface area contributed by atoms with Gasteiger partial charge < -0.3 is 9.79 Å². The highest BCUT2D eigenvalue weighted by Gasteiger charge is 2.15. The standard InChI is InChI=1S/C18H22FO3P/c1-12-9-13(2)16(5-4-8-23(20,21)22)17(10-12)15-6-7-18(19)14(3)11-15/h6-7,9-11H,4-5,8H2,1-3H3,(H2,20,21,22). The van der Waals surface area contributed by atoms with Gasteiger partial charge in [0.15, 0.2) is 0 Å². The lowest BCUT2D eigenvalue weighted by molar-refractivity contribution is 0.371. The van der Waals surface area contributed by atoms with Gasteiger partial charge in [0.05, 0.1) is 6.16 Å². The molecule has 0 aliphatic carbocycles. The normalized spacial score (nSPS) is 11.7. The molecule has 5 heteroatoms. The fraction of sp³-hybridized carbons (Fsp3) is 0.333. The number of aryl methyl sites for hydroxylation is 3. The van der Waals surface area contributed by atoms with Gasteiger partial charge in [-0.3, -0.25) is 4.57 Å². The zero-order chi connectivity index (χ0) is 17.2. The molecule has 0 heterocycles. The largest absolute Gasteiger partial charge is 0.325 e. The minimum atomic E-state index is -3.98. The van der Waals surface area contributed by atoms with E-state index in [2.05, 4.69) is 6.07 Å². The Bertz CT molecular complexity index is 765. The predicted molar refractivity (Wildman–Crippen MR) is 91.3 cm³/mol. The van der Waals surface area contributed by atoms with Gasteiger partial charge >= 0.3 is 7.60 Å². The van der Waals surface area contributed by atoms with Crippen LogP contribution < -0.4 is 0 Å². The van der Waals surface area contributed by atoms with Gasteiger partial charge in [-0.1, -0.05) is 23.8 Å². The molecule has 124 valence electrons. The summed E-state index contributed by atoms with van der Waals surface area (Å²) in [4.78, 5) is 18.1. The summed E-state index contributed by atoms with van der Waals surface area (Å²) in [6.45, 7) is 5.74. The number of benzene rings is 2. The highest BCUT2D eigenvalue weighted by atomic mass is 31.2. The number of hydrogen-bond acceptors (Lipinski definition) is 1. The molecule has 0 unspecified atom stereocenters. The van der Waals surface area contributed by atoms with Crippen LogP contribution in [-0.4, -0.2) is 15.9 Å². The van der Waals surface area contributed by atoms with Crippen molar-refractivity contribution in [2.75, 3.05) is 6.16 Å². The van der Waals surface area contributed by atoms with Crippen LogP contribution in [0.1, 0.15) is 28.7 Å². The van der Waals surface area contributed by atoms with Crippen molar-refractivity contribution in [2.24, 2.45) is 0 Å². The highest BCUT2D eigenvalue weighted by molar-refractivity contribution is 7.51. The molecule has 0 spiro atoms. The van der Waals surface area contributed by atoms with Crippen molar-refractivity contribution in [1.29, 1.82) is 0 Å². The summed E-state index contributed by atoms with van der Waals surface area (Å²) in [5.74, 6) is -0.235. The smallest absolute Gasteiger partial charge is 0.324 e. The van der Waals surface area contributed by atoms with Crippen LogP contribution in [0.15, 0.2) is 30.3 Å². The summed E-state index contributed by atoms with van der Waals surface area (Å²) in [6.07, 6.45) is 0.881. The SMILES string of the molecule is Cc1cc(C)c(CCCP(=O)(O)O)c(-c2ccc(F)c(C)c2)c1. The van der Waals surface area contributed by atoms with Crippen LogP contribution in [0.3, 0.4) is 0 Å². The van der Waals surface area contributed by atoms with Gasteiger partial charge in [0.25, 0.3) is 0 Å². The Labute approximate surface area is 136 Å².